The minimum Gasteiger partial charge on any atom is -0.376 e. The first-order chi connectivity index (χ1) is 13.5. The fraction of sp³-hybridized carbons (Fsp3) is 0.435. The molecule has 0 spiro atoms. The summed E-state index contributed by atoms with van der Waals surface area (Å²) in [5.74, 6) is 0. The van der Waals surface area contributed by atoms with Gasteiger partial charge in [0.2, 0.25) is 0 Å². The summed E-state index contributed by atoms with van der Waals surface area (Å²) < 4.78 is 0. The number of benzene rings is 2. The molecule has 0 fully saturated rings. The van der Waals surface area contributed by atoms with Crippen molar-refractivity contribution in [1.82, 2.24) is 10.2 Å². The Morgan fingerprint density at radius 2 is 1.86 bits per heavy atom. The molecule has 0 aliphatic carbocycles. The largest absolute Gasteiger partial charge is 0.376 e. The maximum atomic E-state index is 5.67. The van der Waals surface area contributed by atoms with Crippen LogP contribution in [0.2, 0.25) is 0 Å². The Hall–Kier alpha value is -1.27. The van der Waals surface area contributed by atoms with Gasteiger partial charge in [-0.2, -0.15) is 0 Å². The smallest absolute Gasteiger partial charge is 0.106 e. The van der Waals surface area contributed by atoms with Gasteiger partial charge >= 0.3 is 0 Å². The molecule has 3 rings (SSSR count). The zero-order valence-electron chi connectivity index (χ0n) is 17.8. The number of fused-ring (bicyclic) bond motifs is 2. The fourth-order valence-corrected chi connectivity index (χ4v) is 4.82. The van der Waals surface area contributed by atoms with Crippen LogP contribution in [0.15, 0.2) is 52.3 Å². The van der Waals surface area contributed by atoms with Crippen molar-refractivity contribution in [2.24, 2.45) is 0 Å². The Morgan fingerprint density at radius 1 is 1.14 bits per heavy atom. The second kappa shape index (κ2) is 11.2. The van der Waals surface area contributed by atoms with Gasteiger partial charge in [0.25, 0.3) is 0 Å². The number of unbranched alkanes of at least 4 members (excludes halogenated alkanes) is 1. The van der Waals surface area contributed by atoms with Crippen LogP contribution in [0.1, 0.15) is 39.2 Å². The topological polar surface area (TPSA) is 18.5 Å². The van der Waals surface area contributed by atoms with Gasteiger partial charge < -0.3 is 15.1 Å². The van der Waals surface area contributed by atoms with Crippen LogP contribution in [0, 0.1) is 0 Å². The quantitative estimate of drug-likeness (QED) is 0.385. The molecule has 0 amide bonds. The maximum Gasteiger partial charge on any atom is 0.106 e. The third kappa shape index (κ3) is 5.66. The predicted octanol–water partition coefficient (Wildman–Crippen LogP) is 6.12. The summed E-state index contributed by atoms with van der Waals surface area (Å²) in [6.45, 7) is 9.72. The Labute approximate surface area is 191 Å². The molecule has 0 radical (unpaired) electrons. The highest BCUT2D eigenvalue weighted by Crippen LogP contribution is 2.49. The number of rotatable bonds is 8. The van der Waals surface area contributed by atoms with Crippen LogP contribution in [0.3, 0.4) is 0 Å². The van der Waals surface area contributed by atoms with Gasteiger partial charge in [-0.15, -0.1) is 12.4 Å². The molecule has 0 aromatic heterocycles. The predicted molar refractivity (Wildman–Crippen MR) is 134 cm³/mol. The van der Waals surface area contributed by atoms with E-state index in [1.807, 2.05) is 11.8 Å². The van der Waals surface area contributed by atoms with Crippen molar-refractivity contribution in [3.05, 3.63) is 48.0 Å². The average Bonchev–Trinajstić information content (AvgIpc) is 2.71. The first-order valence-corrected chi connectivity index (χ1v) is 11.4. The van der Waals surface area contributed by atoms with Gasteiger partial charge in [0.15, 0.2) is 0 Å². The van der Waals surface area contributed by atoms with Crippen LogP contribution >= 0.6 is 36.4 Å². The number of likely N-dealkylation sites (N-methyl/N-ethyl adjacent to an activating group) is 1. The standard InChI is InChI=1S/C23H31N3S2.ClH/c1-5-7-14-24-23(27)18-12-13-22-20(15-18)26(17(3)16-25(4)6-2)19-10-8-9-11-21(19)28-22;/h8-13,15,17H,5-7,14,16H2,1-4H3,(H,24,27);1H/t17-;/m1./s1. The highest BCUT2D eigenvalue weighted by atomic mass is 35.5. The van der Waals surface area contributed by atoms with Crippen molar-refractivity contribution >= 4 is 52.8 Å². The van der Waals surface area contributed by atoms with Crippen LogP contribution in [-0.2, 0) is 0 Å². The molecule has 1 atom stereocenters. The van der Waals surface area contributed by atoms with Gasteiger partial charge in [0, 0.05) is 34.5 Å². The number of thiocarbonyl (C=S) groups is 1. The molecule has 6 heteroatoms. The van der Waals surface area contributed by atoms with Gasteiger partial charge in [-0.3, -0.25) is 0 Å². The summed E-state index contributed by atoms with van der Waals surface area (Å²) >= 11 is 7.52. The molecular formula is C23H32ClN3S2. The lowest BCUT2D eigenvalue weighted by Crippen LogP contribution is -2.39. The minimum atomic E-state index is 0. The zero-order valence-corrected chi connectivity index (χ0v) is 20.2. The van der Waals surface area contributed by atoms with E-state index < -0.39 is 0 Å². The maximum absolute atomic E-state index is 5.67. The van der Waals surface area contributed by atoms with Crippen molar-refractivity contribution in [3.63, 3.8) is 0 Å². The number of hydrogen-bond donors (Lipinski definition) is 1. The molecule has 1 heterocycles. The lowest BCUT2D eigenvalue weighted by molar-refractivity contribution is 0.332. The highest BCUT2D eigenvalue weighted by molar-refractivity contribution is 7.99. The van der Waals surface area contributed by atoms with Crippen LogP contribution in [0.4, 0.5) is 11.4 Å². The van der Waals surface area contributed by atoms with E-state index in [1.54, 1.807) is 0 Å². The van der Waals surface area contributed by atoms with Crippen molar-refractivity contribution < 1.29 is 0 Å². The van der Waals surface area contributed by atoms with Crippen LogP contribution in [-0.4, -0.2) is 42.6 Å². The second-order valence-corrected chi connectivity index (χ2v) is 8.93. The Bertz CT molecular complexity index is 828. The van der Waals surface area contributed by atoms with E-state index in [4.69, 9.17) is 12.2 Å². The van der Waals surface area contributed by atoms with E-state index in [-0.39, 0.29) is 12.4 Å². The molecule has 1 N–H and O–H groups in total. The molecule has 2 aromatic rings. The lowest BCUT2D eigenvalue weighted by atomic mass is 10.1. The molecule has 29 heavy (non-hydrogen) atoms. The third-order valence-electron chi connectivity index (χ3n) is 5.20. The number of para-hydroxylation sites is 1. The monoisotopic (exact) mass is 449 g/mol. The van der Waals surface area contributed by atoms with Gasteiger partial charge in [-0.05, 0) is 51.2 Å². The van der Waals surface area contributed by atoms with Gasteiger partial charge in [0.05, 0.1) is 11.4 Å². The van der Waals surface area contributed by atoms with Crippen molar-refractivity contribution in [2.75, 3.05) is 31.6 Å². The summed E-state index contributed by atoms with van der Waals surface area (Å²) in [6, 6.07) is 15.7. The van der Waals surface area contributed by atoms with Crippen LogP contribution < -0.4 is 10.2 Å². The van der Waals surface area contributed by atoms with E-state index >= 15 is 0 Å². The Balaban J connectivity index is 0.00000300. The Kier molecular flexibility index (Phi) is 9.28. The summed E-state index contributed by atoms with van der Waals surface area (Å²) in [5.41, 5.74) is 3.66. The number of nitrogens with zero attached hydrogens (tertiary/aromatic N) is 2. The van der Waals surface area contributed by atoms with E-state index in [1.165, 1.54) is 27.6 Å². The number of nitrogens with one attached hydrogen (secondary N) is 1. The molecular weight excluding hydrogens is 418 g/mol. The normalized spacial score (nSPS) is 13.3. The minimum absolute atomic E-state index is 0. The SMILES string of the molecule is CCCCNC(=S)c1ccc2c(c1)N([C@H](C)CN(C)CC)c1ccccc1S2.Cl. The van der Waals surface area contributed by atoms with Crippen LogP contribution in [0.25, 0.3) is 0 Å². The summed E-state index contributed by atoms with van der Waals surface area (Å²) in [6.07, 6.45) is 2.31. The summed E-state index contributed by atoms with van der Waals surface area (Å²) in [5, 5.41) is 3.41. The number of halogens is 1. The van der Waals surface area contributed by atoms with E-state index in [2.05, 4.69) is 85.4 Å². The first-order valence-electron chi connectivity index (χ1n) is 10.2. The summed E-state index contributed by atoms with van der Waals surface area (Å²) in [7, 11) is 2.19. The van der Waals surface area contributed by atoms with E-state index in [9.17, 15) is 0 Å². The highest BCUT2D eigenvalue weighted by Gasteiger charge is 2.28. The van der Waals surface area contributed by atoms with E-state index in [0.29, 0.717) is 6.04 Å². The molecule has 1 aliphatic heterocycles. The average molecular weight is 450 g/mol. The van der Waals surface area contributed by atoms with Crippen molar-refractivity contribution in [3.8, 4) is 0 Å². The second-order valence-electron chi connectivity index (χ2n) is 7.44. The molecule has 3 nitrogen and oxygen atoms in total. The first kappa shape index (κ1) is 24.0. The molecule has 1 aliphatic rings. The molecule has 158 valence electrons. The fourth-order valence-electron chi connectivity index (χ4n) is 3.54. The zero-order chi connectivity index (χ0) is 20.1. The number of hydrogen-bond acceptors (Lipinski definition) is 4. The van der Waals surface area contributed by atoms with Gasteiger partial charge in [-0.1, -0.05) is 62.4 Å². The summed E-state index contributed by atoms with van der Waals surface area (Å²) in [4.78, 5) is 8.32. The molecule has 0 saturated heterocycles. The molecule has 0 unspecified atom stereocenters. The lowest BCUT2D eigenvalue weighted by Gasteiger charge is -2.39. The number of anilines is 2. The molecule has 0 bridgehead atoms. The van der Waals surface area contributed by atoms with Crippen molar-refractivity contribution in [2.45, 2.75) is 49.4 Å². The molecule has 2 aromatic carbocycles. The third-order valence-corrected chi connectivity index (χ3v) is 6.71. The van der Waals surface area contributed by atoms with E-state index in [0.717, 1.165) is 36.6 Å². The molecule has 0 saturated carbocycles. The van der Waals surface area contributed by atoms with Gasteiger partial charge in [-0.25, -0.2) is 0 Å². The Morgan fingerprint density at radius 3 is 2.59 bits per heavy atom. The van der Waals surface area contributed by atoms with Crippen LogP contribution in [0.5, 0.6) is 0 Å². The van der Waals surface area contributed by atoms with Crippen molar-refractivity contribution in [1.29, 1.82) is 0 Å². The van der Waals surface area contributed by atoms with Gasteiger partial charge in [0.1, 0.15) is 4.99 Å².